The molecule has 5 rings (SSSR count). The fourth-order valence-electron chi connectivity index (χ4n) is 3.82. The summed E-state index contributed by atoms with van der Waals surface area (Å²) < 4.78 is 3.54. The standard InChI is InChI=1S/C24H20N4O/c1-15-3-9-20(12-22(15)25)28-23(29)10-8-17-6-4-16-5-7-18(11-21(16)24(17)28)19-13-26-27(2)14-19/h3-14H,25H2,1-2H3. The molecule has 2 aromatic heterocycles. The van der Waals surface area contributed by atoms with Crippen LogP contribution in [-0.4, -0.2) is 14.3 Å². The van der Waals surface area contributed by atoms with Gasteiger partial charge in [0.05, 0.1) is 17.4 Å². The van der Waals surface area contributed by atoms with Gasteiger partial charge in [0, 0.05) is 35.9 Å². The lowest BCUT2D eigenvalue weighted by atomic mass is 10.0. The molecule has 0 aliphatic heterocycles. The number of fused-ring (bicyclic) bond motifs is 3. The summed E-state index contributed by atoms with van der Waals surface area (Å²) in [5.74, 6) is 0. The van der Waals surface area contributed by atoms with Crippen molar-refractivity contribution in [2.75, 3.05) is 5.73 Å². The molecule has 0 saturated carbocycles. The third-order valence-electron chi connectivity index (χ3n) is 5.43. The predicted molar refractivity (Wildman–Crippen MR) is 118 cm³/mol. The Kier molecular flexibility index (Phi) is 3.77. The first-order chi connectivity index (χ1) is 14.0. The lowest BCUT2D eigenvalue weighted by Gasteiger charge is -2.14. The van der Waals surface area contributed by atoms with E-state index in [0.29, 0.717) is 5.69 Å². The van der Waals surface area contributed by atoms with E-state index in [4.69, 9.17) is 5.73 Å². The largest absolute Gasteiger partial charge is 0.398 e. The van der Waals surface area contributed by atoms with Crippen LogP contribution in [0.25, 0.3) is 38.5 Å². The molecule has 3 aromatic carbocycles. The summed E-state index contributed by atoms with van der Waals surface area (Å²) in [6, 6.07) is 19.7. The second-order valence-electron chi connectivity index (χ2n) is 7.39. The van der Waals surface area contributed by atoms with Crippen molar-refractivity contribution >= 4 is 27.4 Å². The van der Waals surface area contributed by atoms with Crippen molar-refractivity contribution in [2.45, 2.75) is 6.92 Å². The van der Waals surface area contributed by atoms with Crippen LogP contribution in [0.3, 0.4) is 0 Å². The highest BCUT2D eigenvalue weighted by Crippen LogP contribution is 2.31. The molecule has 0 bridgehead atoms. The second kappa shape index (κ2) is 6.34. The number of hydrogen-bond donors (Lipinski definition) is 1. The molecule has 0 radical (unpaired) electrons. The molecule has 5 nitrogen and oxygen atoms in total. The van der Waals surface area contributed by atoms with Gasteiger partial charge in [0.1, 0.15) is 0 Å². The van der Waals surface area contributed by atoms with Gasteiger partial charge in [0.2, 0.25) is 0 Å². The molecule has 29 heavy (non-hydrogen) atoms. The smallest absolute Gasteiger partial charge is 0.255 e. The molecule has 0 fully saturated rings. The van der Waals surface area contributed by atoms with Gasteiger partial charge in [-0.25, -0.2) is 0 Å². The molecule has 0 amide bonds. The number of hydrogen-bond acceptors (Lipinski definition) is 3. The number of nitrogens with zero attached hydrogens (tertiary/aromatic N) is 3. The maximum atomic E-state index is 12.9. The average molecular weight is 380 g/mol. The van der Waals surface area contributed by atoms with Crippen molar-refractivity contribution in [1.82, 2.24) is 14.3 Å². The SMILES string of the molecule is Cc1ccc(-n2c(=O)ccc3ccc4ccc(-c5cnn(C)c5)cc4c32)cc1N. The van der Waals surface area contributed by atoms with Crippen LogP contribution in [0.2, 0.25) is 0 Å². The van der Waals surface area contributed by atoms with Crippen LogP contribution in [0.4, 0.5) is 5.69 Å². The summed E-state index contributed by atoms with van der Waals surface area (Å²) in [4.78, 5) is 12.9. The molecular formula is C24H20N4O. The second-order valence-corrected chi connectivity index (χ2v) is 7.39. The number of aryl methyl sites for hydroxylation is 2. The molecule has 0 atom stereocenters. The van der Waals surface area contributed by atoms with Gasteiger partial charge < -0.3 is 5.73 Å². The number of benzene rings is 3. The minimum atomic E-state index is -0.0833. The molecule has 2 heterocycles. The molecule has 5 heteroatoms. The Bertz CT molecular complexity index is 1460. The average Bonchev–Trinajstić information content (AvgIpc) is 3.16. The molecule has 2 N–H and O–H groups in total. The van der Waals surface area contributed by atoms with Gasteiger partial charge in [0.15, 0.2) is 0 Å². The molecule has 0 saturated heterocycles. The van der Waals surface area contributed by atoms with E-state index in [1.165, 1.54) is 0 Å². The van der Waals surface area contributed by atoms with Crippen molar-refractivity contribution < 1.29 is 0 Å². The van der Waals surface area contributed by atoms with E-state index in [0.717, 1.165) is 44.1 Å². The summed E-state index contributed by atoms with van der Waals surface area (Å²) in [6.07, 6.45) is 3.83. The number of nitrogen functional groups attached to an aromatic ring is 1. The van der Waals surface area contributed by atoms with Crippen LogP contribution in [-0.2, 0) is 7.05 Å². The maximum Gasteiger partial charge on any atom is 0.255 e. The summed E-state index contributed by atoms with van der Waals surface area (Å²) in [7, 11) is 1.90. The lowest BCUT2D eigenvalue weighted by molar-refractivity contribution is 0.768. The van der Waals surface area contributed by atoms with Crippen LogP contribution in [0, 0.1) is 6.92 Å². The number of nitrogens with two attached hydrogens (primary N) is 1. The predicted octanol–water partition coefficient (Wildman–Crippen LogP) is 4.44. The van der Waals surface area contributed by atoms with Gasteiger partial charge in [-0.3, -0.25) is 14.0 Å². The van der Waals surface area contributed by atoms with E-state index in [1.54, 1.807) is 15.3 Å². The van der Waals surface area contributed by atoms with Crippen LogP contribution >= 0.6 is 0 Å². The minimum absolute atomic E-state index is 0.0833. The number of pyridine rings is 1. The van der Waals surface area contributed by atoms with Crippen LogP contribution in [0.1, 0.15) is 5.56 Å². The van der Waals surface area contributed by atoms with Gasteiger partial charge in [0.25, 0.3) is 5.56 Å². The van der Waals surface area contributed by atoms with Crippen LogP contribution in [0.5, 0.6) is 0 Å². The van der Waals surface area contributed by atoms with Crippen molar-refractivity contribution in [1.29, 1.82) is 0 Å². The van der Waals surface area contributed by atoms with Gasteiger partial charge in [-0.2, -0.15) is 5.10 Å². The fraction of sp³-hybridized carbons (Fsp3) is 0.0833. The normalized spacial score (nSPS) is 11.4. The monoisotopic (exact) mass is 380 g/mol. The van der Waals surface area contributed by atoms with E-state index in [1.807, 2.05) is 50.6 Å². The van der Waals surface area contributed by atoms with E-state index >= 15 is 0 Å². The van der Waals surface area contributed by atoms with Crippen molar-refractivity contribution in [3.05, 3.63) is 89.0 Å². The molecule has 5 aromatic rings. The van der Waals surface area contributed by atoms with Gasteiger partial charge in [-0.15, -0.1) is 0 Å². The summed E-state index contributed by atoms with van der Waals surface area (Å²) in [5, 5.41) is 7.37. The van der Waals surface area contributed by atoms with E-state index < -0.39 is 0 Å². The Labute approximate surface area is 167 Å². The molecule has 0 aliphatic carbocycles. The van der Waals surface area contributed by atoms with Crippen LogP contribution in [0.15, 0.2) is 77.9 Å². The topological polar surface area (TPSA) is 65.8 Å². The Morgan fingerprint density at radius 2 is 1.66 bits per heavy atom. The first-order valence-corrected chi connectivity index (χ1v) is 9.45. The molecular weight excluding hydrogens is 360 g/mol. The van der Waals surface area contributed by atoms with Crippen molar-refractivity contribution in [3.63, 3.8) is 0 Å². The quantitative estimate of drug-likeness (QED) is 0.364. The zero-order valence-corrected chi connectivity index (χ0v) is 16.3. The summed E-state index contributed by atoms with van der Waals surface area (Å²) >= 11 is 0. The van der Waals surface area contributed by atoms with E-state index in [-0.39, 0.29) is 5.56 Å². The maximum absolute atomic E-state index is 12.9. The first-order valence-electron chi connectivity index (χ1n) is 9.45. The molecule has 0 unspecified atom stereocenters. The Balaban J connectivity index is 1.89. The third kappa shape index (κ3) is 2.79. The van der Waals surface area contributed by atoms with Gasteiger partial charge in [-0.1, -0.05) is 30.3 Å². The number of rotatable bonds is 2. The Morgan fingerprint density at radius 3 is 2.41 bits per heavy atom. The summed E-state index contributed by atoms with van der Waals surface area (Å²) in [6.45, 7) is 1.96. The Hall–Kier alpha value is -3.86. The summed E-state index contributed by atoms with van der Waals surface area (Å²) in [5.41, 5.74) is 11.5. The Morgan fingerprint density at radius 1 is 0.897 bits per heavy atom. The van der Waals surface area contributed by atoms with Gasteiger partial charge >= 0.3 is 0 Å². The van der Waals surface area contributed by atoms with E-state index in [9.17, 15) is 4.79 Å². The minimum Gasteiger partial charge on any atom is -0.398 e. The molecule has 142 valence electrons. The number of aromatic nitrogens is 3. The number of anilines is 1. The van der Waals surface area contributed by atoms with E-state index in [2.05, 4.69) is 35.4 Å². The van der Waals surface area contributed by atoms with Crippen LogP contribution < -0.4 is 11.3 Å². The highest BCUT2D eigenvalue weighted by Gasteiger charge is 2.12. The third-order valence-corrected chi connectivity index (χ3v) is 5.43. The lowest BCUT2D eigenvalue weighted by Crippen LogP contribution is -2.17. The fourth-order valence-corrected chi connectivity index (χ4v) is 3.82. The first kappa shape index (κ1) is 17.3. The molecule has 0 aliphatic rings. The highest BCUT2D eigenvalue weighted by atomic mass is 16.1. The van der Waals surface area contributed by atoms with Crippen molar-refractivity contribution in [2.24, 2.45) is 7.05 Å². The molecule has 0 spiro atoms. The van der Waals surface area contributed by atoms with Crippen molar-refractivity contribution in [3.8, 4) is 16.8 Å². The van der Waals surface area contributed by atoms with Gasteiger partial charge in [-0.05, 0) is 53.1 Å². The zero-order valence-electron chi connectivity index (χ0n) is 16.3. The highest BCUT2D eigenvalue weighted by molar-refractivity contribution is 6.07. The zero-order chi connectivity index (χ0) is 20.1.